The van der Waals surface area contributed by atoms with Gasteiger partial charge in [0.2, 0.25) is 5.36 Å². The predicted molar refractivity (Wildman–Crippen MR) is 103 cm³/mol. The first-order valence-corrected chi connectivity index (χ1v) is 10.7. The second kappa shape index (κ2) is 5.43. The number of nitrogens with zero attached hydrogens (tertiary/aromatic N) is 1. The van der Waals surface area contributed by atoms with E-state index in [0.29, 0.717) is 0 Å². The van der Waals surface area contributed by atoms with Gasteiger partial charge in [-0.25, -0.2) is 4.58 Å². The molecule has 1 atom stereocenters. The van der Waals surface area contributed by atoms with Crippen LogP contribution in [0.15, 0.2) is 34.7 Å². The summed E-state index contributed by atoms with van der Waals surface area (Å²) in [6.45, 7) is 0. The lowest BCUT2D eigenvalue weighted by Crippen LogP contribution is -2.26. The molecule has 3 aliphatic heterocycles. The highest BCUT2D eigenvalue weighted by molar-refractivity contribution is 7.66. The molecule has 0 spiro atoms. The zero-order valence-electron chi connectivity index (χ0n) is 14.4. The second-order valence-corrected chi connectivity index (χ2v) is 9.76. The third-order valence-corrected chi connectivity index (χ3v) is 8.44. The Hall–Kier alpha value is -1.66. The highest BCUT2D eigenvalue weighted by Crippen LogP contribution is 2.47. The molecule has 0 fully saturated rings. The summed E-state index contributed by atoms with van der Waals surface area (Å²) in [5.74, 6) is 1.01. The van der Waals surface area contributed by atoms with Gasteiger partial charge in [-0.05, 0) is 67.1 Å². The topological polar surface area (TPSA) is 16.1 Å². The Kier molecular flexibility index (Phi) is 3.31. The lowest BCUT2D eigenvalue weighted by atomic mass is 9.97. The fourth-order valence-electron chi connectivity index (χ4n) is 4.37. The molecule has 1 aliphatic carbocycles. The van der Waals surface area contributed by atoms with E-state index in [4.69, 9.17) is 4.42 Å². The molecular formula is C21H23NOP+. The highest BCUT2D eigenvalue weighted by atomic mass is 31.1. The molecule has 0 saturated heterocycles. The van der Waals surface area contributed by atoms with Crippen LogP contribution in [0.25, 0.3) is 22.3 Å². The average Bonchev–Trinajstić information content (AvgIpc) is 2.60. The zero-order valence-corrected chi connectivity index (χ0v) is 15.3. The molecule has 0 amide bonds. The minimum atomic E-state index is 0.0795. The van der Waals surface area contributed by atoms with Crippen molar-refractivity contribution in [1.29, 1.82) is 0 Å². The van der Waals surface area contributed by atoms with E-state index in [1.165, 1.54) is 59.9 Å². The molecule has 122 valence electrons. The van der Waals surface area contributed by atoms with Gasteiger partial charge >= 0.3 is 0 Å². The van der Waals surface area contributed by atoms with Crippen LogP contribution in [-0.4, -0.2) is 26.4 Å². The molecule has 0 saturated carbocycles. The van der Waals surface area contributed by atoms with Gasteiger partial charge in [0.15, 0.2) is 0 Å². The van der Waals surface area contributed by atoms with Crippen LogP contribution in [0.2, 0.25) is 0 Å². The smallest absolute Gasteiger partial charge is 0.203 e. The van der Waals surface area contributed by atoms with Crippen LogP contribution < -0.4 is 15.2 Å². The van der Waals surface area contributed by atoms with E-state index in [1.807, 2.05) is 0 Å². The number of hydrogen-bond donors (Lipinski definition) is 0. The van der Waals surface area contributed by atoms with Crippen LogP contribution in [0.4, 0.5) is 0 Å². The largest absolute Gasteiger partial charge is 0.456 e. The summed E-state index contributed by atoms with van der Waals surface area (Å²) in [4.78, 5) is 0. The molecule has 5 rings (SSSR count). The summed E-state index contributed by atoms with van der Waals surface area (Å²) in [6, 6.07) is 11.3. The molecule has 3 heteroatoms. The van der Waals surface area contributed by atoms with Crippen molar-refractivity contribution in [1.82, 2.24) is 4.58 Å². The Morgan fingerprint density at radius 1 is 1.00 bits per heavy atom. The van der Waals surface area contributed by atoms with Crippen LogP contribution in [-0.2, 0) is 12.8 Å². The number of rotatable bonds is 0. The van der Waals surface area contributed by atoms with Crippen molar-refractivity contribution in [3.05, 3.63) is 46.8 Å². The summed E-state index contributed by atoms with van der Waals surface area (Å²) in [5.41, 5.74) is 5.52. The molecule has 0 aromatic heterocycles. The molecule has 2 nitrogen and oxygen atoms in total. The van der Waals surface area contributed by atoms with Gasteiger partial charge in [0.05, 0.1) is 6.07 Å². The fraction of sp³-hybridized carbons (Fsp3) is 0.381. The maximum Gasteiger partial charge on any atom is 0.203 e. The van der Waals surface area contributed by atoms with Crippen molar-refractivity contribution >= 4 is 24.2 Å². The minimum absolute atomic E-state index is 0.0795. The van der Waals surface area contributed by atoms with Crippen LogP contribution in [0.1, 0.15) is 24.0 Å². The zero-order chi connectivity index (χ0) is 16.3. The standard InChI is InChI=1S/C21H23NOP/c1-22(2)17-8-7-14-11-16-12-15-5-3-9-24-10-4-6-18(21(15)24)20(16)23-19(14)13-17/h7-8,11-13H,3-6,9-10H2,1-2H3/q+1. The van der Waals surface area contributed by atoms with Crippen molar-refractivity contribution in [3.63, 3.8) is 0 Å². The van der Waals surface area contributed by atoms with Gasteiger partial charge in [0.1, 0.15) is 25.4 Å². The van der Waals surface area contributed by atoms with Gasteiger partial charge in [-0.1, -0.05) is 7.92 Å². The third-order valence-electron chi connectivity index (χ3n) is 5.54. The van der Waals surface area contributed by atoms with E-state index in [0.717, 1.165) is 11.3 Å². The molecule has 1 unspecified atom stereocenters. The van der Waals surface area contributed by atoms with Crippen LogP contribution in [0, 0.1) is 0 Å². The Balaban J connectivity index is 1.87. The van der Waals surface area contributed by atoms with E-state index in [1.54, 1.807) is 10.9 Å². The van der Waals surface area contributed by atoms with E-state index in [9.17, 15) is 0 Å². The Morgan fingerprint density at radius 2 is 1.83 bits per heavy atom. The van der Waals surface area contributed by atoms with Gasteiger partial charge in [-0.3, -0.25) is 0 Å². The first kappa shape index (κ1) is 14.7. The Bertz CT molecular complexity index is 995. The number of aryl methyl sites for hydroxylation is 2. The van der Waals surface area contributed by atoms with E-state index < -0.39 is 0 Å². The van der Waals surface area contributed by atoms with Gasteiger partial charge in [0.25, 0.3) is 0 Å². The number of fused-ring (bicyclic) bond motifs is 3. The molecule has 1 aromatic rings. The van der Waals surface area contributed by atoms with Crippen molar-refractivity contribution in [2.45, 2.75) is 25.7 Å². The van der Waals surface area contributed by atoms with Gasteiger partial charge < -0.3 is 4.42 Å². The summed E-state index contributed by atoms with van der Waals surface area (Å²) < 4.78 is 8.63. The molecule has 3 heterocycles. The molecule has 24 heavy (non-hydrogen) atoms. The van der Waals surface area contributed by atoms with Crippen molar-refractivity contribution in [3.8, 4) is 11.3 Å². The SMILES string of the molecule is C[N+](C)=c1ccc2cc3cc4c5c(c3oc-2c1)CCCP5CCC4. The van der Waals surface area contributed by atoms with Crippen LogP contribution >= 0.6 is 7.92 Å². The Morgan fingerprint density at radius 3 is 2.67 bits per heavy atom. The van der Waals surface area contributed by atoms with E-state index in [2.05, 4.69) is 49.0 Å². The third kappa shape index (κ3) is 2.16. The lowest BCUT2D eigenvalue weighted by molar-refractivity contribution is 0.610. The molecule has 0 N–H and O–H groups in total. The average molecular weight is 336 g/mol. The van der Waals surface area contributed by atoms with E-state index in [-0.39, 0.29) is 7.92 Å². The molecule has 1 aromatic carbocycles. The Labute approximate surface area is 143 Å². The second-order valence-electron chi connectivity index (χ2n) is 7.34. The molecule has 0 bridgehead atoms. The van der Waals surface area contributed by atoms with Gasteiger partial charge in [-0.2, -0.15) is 0 Å². The van der Waals surface area contributed by atoms with Crippen molar-refractivity contribution in [2.75, 3.05) is 26.4 Å². The first-order chi connectivity index (χ1) is 11.7. The van der Waals surface area contributed by atoms with Crippen molar-refractivity contribution < 1.29 is 4.42 Å². The maximum atomic E-state index is 6.49. The normalized spacial score (nSPS) is 19.5. The number of hydrogen-bond acceptors (Lipinski definition) is 1. The molecule has 0 radical (unpaired) electrons. The van der Waals surface area contributed by atoms with Crippen LogP contribution in [0.3, 0.4) is 0 Å². The van der Waals surface area contributed by atoms with Gasteiger partial charge in [0, 0.05) is 22.6 Å². The van der Waals surface area contributed by atoms with Crippen LogP contribution in [0.5, 0.6) is 0 Å². The quantitative estimate of drug-likeness (QED) is 0.348. The van der Waals surface area contributed by atoms with Gasteiger partial charge in [-0.15, -0.1) is 0 Å². The van der Waals surface area contributed by atoms with Crippen molar-refractivity contribution in [2.24, 2.45) is 0 Å². The minimum Gasteiger partial charge on any atom is -0.456 e. The summed E-state index contributed by atoms with van der Waals surface area (Å²) in [6.07, 6.45) is 8.02. The summed E-state index contributed by atoms with van der Waals surface area (Å²) in [5, 5.41) is 4.20. The lowest BCUT2D eigenvalue weighted by Gasteiger charge is -2.33. The van der Waals surface area contributed by atoms with E-state index >= 15 is 0 Å². The fourth-order valence-corrected chi connectivity index (χ4v) is 7.30. The molecule has 4 aliphatic rings. The summed E-state index contributed by atoms with van der Waals surface area (Å²) in [7, 11) is 4.24. The molecular weight excluding hydrogens is 313 g/mol. The number of benzene rings is 2. The highest BCUT2D eigenvalue weighted by Gasteiger charge is 2.29. The predicted octanol–water partition coefficient (Wildman–Crippen LogP) is 3.57. The monoisotopic (exact) mass is 336 g/mol. The maximum absolute atomic E-state index is 6.49. The first-order valence-electron chi connectivity index (χ1n) is 8.98. The summed E-state index contributed by atoms with van der Waals surface area (Å²) >= 11 is 0.